The molecule has 0 bridgehead atoms. The zero-order valence-corrected chi connectivity index (χ0v) is 46.4. The third-order valence-electron chi connectivity index (χ3n) is 15.6. The Balaban J connectivity index is 0.772. The third-order valence-corrected chi connectivity index (χ3v) is 15.6. The summed E-state index contributed by atoms with van der Waals surface area (Å²) in [5, 5.41) is 18.1. The average Bonchev–Trinajstić information content (AvgIpc) is 2.18. The third kappa shape index (κ3) is 11.7. The lowest BCUT2D eigenvalue weighted by Gasteiger charge is -2.20. The molecule has 2 aliphatic heterocycles. The van der Waals surface area contributed by atoms with Gasteiger partial charge in [0, 0.05) is 60.4 Å². The van der Waals surface area contributed by atoms with Crippen molar-refractivity contribution in [2.75, 3.05) is 13.2 Å². The molecule has 0 aliphatic carbocycles. The van der Waals surface area contributed by atoms with Crippen LogP contribution in [0.25, 0.3) is 44.6 Å². The van der Waals surface area contributed by atoms with Gasteiger partial charge in [0.2, 0.25) is 11.8 Å². The van der Waals surface area contributed by atoms with Crippen molar-refractivity contribution in [1.82, 2.24) is 29.1 Å². The van der Waals surface area contributed by atoms with Crippen molar-refractivity contribution in [2.24, 2.45) is 0 Å². The first-order chi connectivity index (χ1) is 42.1. The summed E-state index contributed by atoms with van der Waals surface area (Å²) >= 11 is 0. The van der Waals surface area contributed by atoms with Crippen LogP contribution in [-0.4, -0.2) is 66.4 Å². The Labute approximate surface area is 492 Å². The van der Waals surface area contributed by atoms with E-state index in [1.54, 1.807) is 24.3 Å². The van der Waals surface area contributed by atoms with Crippen LogP contribution >= 0.6 is 0 Å². The molecule has 6 aromatic carbocycles. The van der Waals surface area contributed by atoms with Gasteiger partial charge in [-0.15, -0.1) is 0 Å². The molecule has 15 nitrogen and oxygen atoms in total. The van der Waals surface area contributed by atoms with Crippen LogP contribution in [-0.2, 0) is 40.3 Å². The maximum absolute atomic E-state index is 16.2. The Kier molecular flexibility index (Phi) is 15.8. The Morgan fingerprint density at radius 1 is 0.517 bits per heavy atom. The van der Waals surface area contributed by atoms with Crippen molar-refractivity contribution in [1.29, 1.82) is 10.5 Å². The van der Waals surface area contributed by atoms with E-state index in [9.17, 15) is 18.4 Å². The first-order valence-corrected chi connectivity index (χ1v) is 27.6. The minimum atomic E-state index is -0.985. The highest BCUT2D eigenvalue weighted by Crippen LogP contribution is 2.37. The van der Waals surface area contributed by atoms with Crippen molar-refractivity contribution >= 4 is 34.0 Å². The summed E-state index contributed by atoms with van der Waals surface area (Å²) in [6.45, 7) is 4.08. The van der Waals surface area contributed by atoms with Crippen LogP contribution in [0.15, 0.2) is 133 Å². The molecule has 87 heavy (non-hydrogen) atoms. The van der Waals surface area contributed by atoms with Crippen molar-refractivity contribution in [3.05, 3.63) is 225 Å². The van der Waals surface area contributed by atoms with Gasteiger partial charge >= 0.3 is 11.9 Å². The van der Waals surface area contributed by atoms with E-state index >= 15 is 17.6 Å². The van der Waals surface area contributed by atoms with E-state index in [1.165, 1.54) is 72.8 Å². The van der Waals surface area contributed by atoms with Crippen molar-refractivity contribution in [3.63, 3.8) is 0 Å². The van der Waals surface area contributed by atoms with Gasteiger partial charge in [-0.25, -0.2) is 55.9 Å². The van der Waals surface area contributed by atoms with E-state index in [-0.39, 0.29) is 129 Å². The summed E-state index contributed by atoms with van der Waals surface area (Å²) in [5.41, 5.74) is 2.16. The number of pyridine rings is 2. The maximum Gasteiger partial charge on any atom is 0.346 e. The van der Waals surface area contributed by atoms with Crippen LogP contribution in [0, 0.1) is 57.6 Å². The van der Waals surface area contributed by atoms with Crippen LogP contribution in [0.1, 0.15) is 105 Å². The zero-order chi connectivity index (χ0) is 60.6. The second-order valence-electron chi connectivity index (χ2n) is 21.1. The molecular formula is C66H48F6N8O7. The molecule has 10 aromatic rings. The number of esters is 2. The average molecular weight is 1180 g/mol. The molecule has 436 valence electrons. The van der Waals surface area contributed by atoms with Gasteiger partial charge in [-0.1, -0.05) is 24.3 Å². The molecule has 4 atom stereocenters. The fourth-order valence-electron chi connectivity index (χ4n) is 11.1. The minimum absolute atomic E-state index is 0.00347. The van der Waals surface area contributed by atoms with Gasteiger partial charge in [-0.3, -0.25) is 0 Å². The van der Waals surface area contributed by atoms with Gasteiger partial charge in [-0.05, 0) is 135 Å². The number of nitriles is 2. The van der Waals surface area contributed by atoms with Crippen molar-refractivity contribution < 1.29 is 59.6 Å². The molecule has 12 rings (SSSR count). The Morgan fingerprint density at radius 2 is 0.943 bits per heavy atom. The molecule has 0 radical (unpaired) electrons. The number of ether oxygens (including phenoxy) is 5. The topological polar surface area (TPSA) is 189 Å². The summed E-state index contributed by atoms with van der Waals surface area (Å²) in [4.78, 5) is 46.3. The lowest BCUT2D eigenvalue weighted by atomic mass is 10.0. The zero-order valence-electron chi connectivity index (χ0n) is 46.4. The van der Waals surface area contributed by atoms with Gasteiger partial charge in [0.25, 0.3) is 0 Å². The number of carbonyl (C=O) groups excluding carboxylic acids is 2. The lowest BCUT2D eigenvalue weighted by Crippen LogP contribution is -2.20. The number of imidazole rings is 2. The molecule has 0 amide bonds. The van der Waals surface area contributed by atoms with E-state index in [2.05, 4.69) is 9.97 Å². The second-order valence-corrected chi connectivity index (χ2v) is 21.1. The van der Waals surface area contributed by atoms with Crippen LogP contribution in [0.3, 0.4) is 0 Å². The quantitative estimate of drug-likeness (QED) is 0.0505. The predicted molar refractivity (Wildman–Crippen MR) is 303 cm³/mol. The van der Waals surface area contributed by atoms with Gasteiger partial charge in [-0.2, -0.15) is 10.5 Å². The number of hydrogen-bond acceptors (Lipinski definition) is 13. The fourth-order valence-corrected chi connectivity index (χ4v) is 11.1. The number of carbonyl (C=O) groups is 2. The summed E-state index contributed by atoms with van der Waals surface area (Å²) < 4.78 is 126. The highest BCUT2D eigenvalue weighted by molar-refractivity contribution is 6.05. The number of halogens is 6. The van der Waals surface area contributed by atoms with E-state index in [4.69, 9.17) is 44.2 Å². The van der Waals surface area contributed by atoms with E-state index in [1.807, 2.05) is 35.1 Å². The largest absolute Gasteiger partial charge is 0.473 e. The maximum atomic E-state index is 16.2. The summed E-state index contributed by atoms with van der Waals surface area (Å²) in [5.74, 6) is -5.56. The molecule has 21 heteroatoms. The lowest BCUT2D eigenvalue weighted by molar-refractivity contribution is 0.0397. The Hall–Kier alpha value is -10.2. The molecule has 0 N–H and O–H groups in total. The van der Waals surface area contributed by atoms with Gasteiger partial charge in [0.15, 0.2) is 0 Å². The second kappa shape index (κ2) is 24.0. The highest BCUT2D eigenvalue weighted by atomic mass is 19.1. The standard InChI is InChI=1S/C66H48F6N8O7/c1-35-57(17-19-83-35)79-59-25-39(13-15-55(59)75-61(79)27-43-23-51(71)45(29-49(43)69)53-5-3-7-63(77-53)85-33-41-11-9-37(31-73)21-47(41)67)65(81)87-66(82)40-14-16-56-60(26-40)80(58-18-20-84-36(58)2)62(76-56)28-44-24-52(72)46(30-50(44)70)54-6-4-8-64(78-54)86-34-42-12-10-38(32-74)22-48(42)68/h3-16,21-26,29-30,35-36,57-58H,17-20,27-28,33-34H2,1-2H3/t35-,36-,57-,58-/m1/s1. The Morgan fingerprint density at radius 3 is 1.33 bits per heavy atom. The summed E-state index contributed by atoms with van der Waals surface area (Å²) in [6, 6.07) is 33.3. The fraction of sp³-hybridized carbons (Fsp3) is 0.212. The summed E-state index contributed by atoms with van der Waals surface area (Å²) in [7, 11) is 0. The highest BCUT2D eigenvalue weighted by Gasteiger charge is 2.33. The van der Waals surface area contributed by atoms with Crippen LogP contribution in [0.5, 0.6) is 11.8 Å². The molecule has 2 fully saturated rings. The molecular weight excluding hydrogens is 1130 g/mol. The van der Waals surface area contributed by atoms with Gasteiger partial charge < -0.3 is 32.8 Å². The van der Waals surface area contributed by atoms with E-state index in [0.717, 1.165) is 36.4 Å². The van der Waals surface area contributed by atoms with Crippen molar-refractivity contribution in [2.45, 2.75) is 77.0 Å². The number of fused-ring (bicyclic) bond motifs is 2. The molecule has 2 aliphatic rings. The SMILES string of the molecule is C[C@H]1OCC[C@H]1n1c(Cc2cc(F)c(-c3cccc(OCc4ccc(C#N)cc4F)n3)cc2F)nc2ccc(C(=O)OC(=O)c3ccc4nc(Cc5cc(F)c(-c6cccc(OCc7ccc(C#N)cc7F)n6)cc5F)n([C@@H]5CCO[C@@H]5C)c4c3)cc21. The molecule has 2 saturated heterocycles. The molecule has 4 aromatic heterocycles. The normalized spacial score (nSPS) is 16.5. The first-order valence-electron chi connectivity index (χ1n) is 27.6. The molecule has 0 saturated carbocycles. The van der Waals surface area contributed by atoms with E-state index < -0.39 is 46.8 Å². The number of benzene rings is 6. The molecule has 0 spiro atoms. The van der Waals surface area contributed by atoms with Crippen LogP contribution in [0.2, 0.25) is 0 Å². The minimum Gasteiger partial charge on any atom is -0.473 e. The Bertz CT molecular complexity index is 4200. The number of nitrogens with zero attached hydrogens (tertiary/aromatic N) is 8. The smallest absolute Gasteiger partial charge is 0.346 e. The summed E-state index contributed by atoms with van der Waals surface area (Å²) in [6.07, 6.45) is 0.0551. The van der Waals surface area contributed by atoms with E-state index in [0.29, 0.717) is 59.8 Å². The predicted octanol–water partition coefficient (Wildman–Crippen LogP) is 13.1. The number of aromatic nitrogens is 6. The first kappa shape index (κ1) is 57.2. The van der Waals surface area contributed by atoms with Gasteiger partial charge in [0.1, 0.15) is 59.8 Å². The van der Waals surface area contributed by atoms with Crippen molar-refractivity contribution in [3.8, 4) is 46.4 Å². The van der Waals surface area contributed by atoms with Crippen LogP contribution < -0.4 is 9.47 Å². The monoisotopic (exact) mass is 1180 g/mol. The van der Waals surface area contributed by atoms with Crippen LogP contribution in [0.4, 0.5) is 26.3 Å². The number of rotatable bonds is 16. The molecule has 6 heterocycles. The molecule has 0 unspecified atom stereocenters. The van der Waals surface area contributed by atoms with Gasteiger partial charge in [0.05, 0.1) is 92.1 Å². The number of hydrogen-bond donors (Lipinski definition) is 0.